The topological polar surface area (TPSA) is 29.5 Å². The third kappa shape index (κ3) is 1.45. The predicted molar refractivity (Wildman–Crippen MR) is 55.9 cm³/mol. The molecular weight excluding hydrogens is 176 g/mol. The van der Waals surface area contributed by atoms with Crippen molar-refractivity contribution in [3.05, 3.63) is 23.3 Å². The summed E-state index contributed by atoms with van der Waals surface area (Å²) in [4.78, 5) is 0. The molecule has 1 aromatic carbocycles. The van der Waals surface area contributed by atoms with Crippen LogP contribution in [0.1, 0.15) is 31.4 Å². The zero-order chi connectivity index (χ0) is 10.3. The number of fused-ring (bicyclic) bond motifs is 1. The van der Waals surface area contributed by atoms with Gasteiger partial charge in [-0.25, -0.2) is 0 Å². The van der Waals surface area contributed by atoms with Crippen LogP contribution in [0.4, 0.5) is 0 Å². The molecule has 76 valence electrons. The van der Waals surface area contributed by atoms with Gasteiger partial charge in [0.1, 0.15) is 5.60 Å². The Bertz CT molecular complexity index is 367. The molecule has 2 nitrogen and oxygen atoms in total. The van der Waals surface area contributed by atoms with Gasteiger partial charge in [0, 0.05) is 5.56 Å². The van der Waals surface area contributed by atoms with Crippen LogP contribution in [-0.4, -0.2) is 10.7 Å². The molecule has 2 rings (SSSR count). The average Bonchev–Trinajstić information content (AvgIpc) is 2.10. The number of aryl methyl sites for hydroxylation is 1. The molecule has 1 aliphatic heterocycles. The van der Waals surface area contributed by atoms with E-state index >= 15 is 0 Å². The molecule has 0 aromatic heterocycles. The Balaban J connectivity index is 2.51. The van der Waals surface area contributed by atoms with E-state index in [1.165, 1.54) is 5.56 Å². The summed E-state index contributed by atoms with van der Waals surface area (Å²) >= 11 is 0. The van der Waals surface area contributed by atoms with E-state index in [2.05, 4.69) is 20.8 Å². The lowest BCUT2D eigenvalue weighted by Gasteiger charge is -2.33. The number of phenolic OH excluding ortho intramolecular Hbond substituents is 1. The van der Waals surface area contributed by atoms with Crippen molar-refractivity contribution in [3.63, 3.8) is 0 Å². The van der Waals surface area contributed by atoms with Gasteiger partial charge in [0.15, 0.2) is 11.5 Å². The average molecular weight is 192 g/mol. The van der Waals surface area contributed by atoms with Crippen molar-refractivity contribution in [2.75, 3.05) is 0 Å². The van der Waals surface area contributed by atoms with Crippen molar-refractivity contribution in [3.8, 4) is 11.5 Å². The summed E-state index contributed by atoms with van der Waals surface area (Å²) in [7, 11) is 0. The molecule has 0 saturated heterocycles. The maximum absolute atomic E-state index is 9.69. The second-order valence-electron chi connectivity index (χ2n) is 4.57. The van der Waals surface area contributed by atoms with Crippen molar-refractivity contribution < 1.29 is 9.84 Å². The lowest BCUT2D eigenvalue weighted by atomic mass is 9.91. The molecule has 0 amide bonds. The molecule has 0 radical (unpaired) electrons. The smallest absolute Gasteiger partial charge is 0.165 e. The first-order valence-electron chi connectivity index (χ1n) is 5.00. The van der Waals surface area contributed by atoms with Gasteiger partial charge in [-0.15, -0.1) is 0 Å². The predicted octanol–water partition coefficient (Wildman–Crippen LogP) is 2.80. The van der Waals surface area contributed by atoms with E-state index in [-0.39, 0.29) is 11.4 Å². The zero-order valence-electron chi connectivity index (χ0n) is 8.92. The summed E-state index contributed by atoms with van der Waals surface area (Å²) in [5, 5.41) is 9.69. The monoisotopic (exact) mass is 192 g/mol. The van der Waals surface area contributed by atoms with Crippen LogP contribution >= 0.6 is 0 Å². The van der Waals surface area contributed by atoms with E-state index < -0.39 is 0 Å². The highest BCUT2D eigenvalue weighted by Gasteiger charge is 2.29. The van der Waals surface area contributed by atoms with Crippen LogP contribution in [0.15, 0.2) is 12.1 Å². The standard InChI is InChI=1S/C12H16O2/c1-8-4-5-10(13)11-9(8)6-7-12(2,3)14-11/h4-5,13H,6-7H2,1-3H3. The highest BCUT2D eigenvalue weighted by atomic mass is 16.5. The fraction of sp³-hybridized carbons (Fsp3) is 0.500. The van der Waals surface area contributed by atoms with E-state index in [0.717, 1.165) is 18.4 Å². The van der Waals surface area contributed by atoms with Crippen LogP contribution in [0.25, 0.3) is 0 Å². The summed E-state index contributed by atoms with van der Waals surface area (Å²) in [6, 6.07) is 3.64. The number of aromatic hydroxyl groups is 1. The van der Waals surface area contributed by atoms with Crippen molar-refractivity contribution in [1.29, 1.82) is 0 Å². The number of hydrogen-bond acceptors (Lipinski definition) is 2. The van der Waals surface area contributed by atoms with Gasteiger partial charge in [-0.3, -0.25) is 0 Å². The molecule has 0 spiro atoms. The first kappa shape index (κ1) is 9.38. The fourth-order valence-corrected chi connectivity index (χ4v) is 1.89. The Morgan fingerprint density at radius 3 is 2.79 bits per heavy atom. The van der Waals surface area contributed by atoms with Gasteiger partial charge < -0.3 is 9.84 Å². The van der Waals surface area contributed by atoms with Crippen LogP contribution in [0.5, 0.6) is 11.5 Å². The molecule has 1 N–H and O–H groups in total. The molecule has 1 heterocycles. The number of ether oxygens (including phenoxy) is 1. The summed E-state index contributed by atoms with van der Waals surface area (Å²) < 4.78 is 5.78. The van der Waals surface area contributed by atoms with E-state index in [9.17, 15) is 5.11 Å². The molecule has 14 heavy (non-hydrogen) atoms. The SMILES string of the molecule is Cc1ccc(O)c2c1CCC(C)(C)O2. The number of rotatable bonds is 0. The first-order valence-corrected chi connectivity index (χ1v) is 5.00. The summed E-state index contributed by atoms with van der Waals surface area (Å²) in [6.07, 6.45) is 1.99. The number of phenols is 1. The van der Waals surface area contributed by atoms with Gasteiger partial charge in [-0.05, 0) is 45.2 Å². The van der Waals surface area contributed by atoms with E-state index in [1.807, 2.05) is 6.07 Å². The zero-order valence-corrected chi connectivity index (χ0v) is 8.92. The van der Waals surface area contributed by atoms with Gasteiger partial charge in [0.2, 0.25) is 0 Å². The molecule has 1 aliphatic rings. The molecular formula is C12H16O2. The van der Waals surface area contributed by atoms with Crippen molar-refractivity contribution in [2.24, 2.45) is 0 Å². The molecule has 0 aliphatic carbocycles. The van der Waals surface area contributed by atoms with E-state index in [4.69, 9.17) is 4.74 Å². The summed E-state index contributed by atoms with van der Waals surface area (Å²) in [5.41, 5.74) is 2.20. The molecule has 1 aromatic rings. The van der Waals surface area contributed by atoms with Gasteiger partial charge in [-0.2, -0.15) is 0 Å². The second kappa shape index (κ2) is 2.91. The highest BCUT2D eigenvalue weighted by molar-refractivity contribution is 5.51. The molecule has 0 unspecified atom stereocenters. The maximum Gasteiger partial charge on any atom is 0.165 e. The minimum absolute atomic E-state index is 0.154. The van der Waals surface area contributed by atoms with Gasteiger partial charge in [0.05, 0.1) is 0 Å². The molecule has 0 bridgehead atoms. The third-order valence-corrected chi connectivity index (χ3v) is 2.83. The van der Waals surface area contributed by atoms with Crippen LogP contribution in [0.3, 0.4) is 0 Å². The van der Waals surface area contributed by atoms with Gasteiger partial charge >= 0.3 is 0 Å². The van der Waals surface area contributed by atoms with Crippen molar-refractivity contribution in [1.82, 2.24) is 0 Å². The Morgan fingerprint density at radius 2 is 2.07 bits per heavy atom. The van der Waals surface area contributed by atoms with Crippen LogP contribution < -0.4 is 4.74 Å². The second-order valence-corrected chi connectivity index (χ2v) is 4.57. The lowest BCUT2D eigenvalue weighted by molar-refractivity contribution is 0.0804. The fourth-order valence-electron chi connectivity index (χ4n) is 1.89. The quantitative estimate of drug-likeness (QED) is 0.685. The summed E-state index contributed by atoms with van der Waals surface area (Å²) in [5.74, 6) is 0.944. The highest BCUT2D eigenvalue weighted by Crippen LogP contribution is 2.40. The Morgan fingerprint density at radius 1 is 1.36 bits per heavy atom. The van der Waals surface area contributed by atoms with Crippen molar-refractivity contribution in [2.45, 2.75) is 39.2 Å². The van der Waals surface area contributed by atoms with Crippen molar-refractivity contribution >= 4 is 0 Å². The molecule has 2 heteroatoms. The largest absolute Gasteiger partial charge is 0.504 e. The normalized spacial score (nSPS) is 18.5. The number of hydrogen-bond donors (Lipinski definition) is 1. The van der Waals surface area contributed by atoms with Crippen LogP contribution in [0, 0.1) is 6.92 Å². The van der Waals surface area contributed by atoms with Gasteiger partial charge in [-0.1, -0.05) is 6.07 Å². The number of benzene rings is 1. The van der Waals surface area contributed by atoms with E-state index in [1.54, 1.807) is 6.07 Å². The maximum atomic E-state index is 9.69. The van der Waals surface area contributed by atoms with Crippen LogP contribution in [-0.2, 0) is 6.42 Å². The Kier molecular flexibility index (Phi) is 1.95. The van der Waals surface area contributed by atoms with E-state index in [0.29, 0.717) is 5.75 Å². The molecule has 0 saturated carbocycles. The van der Waals surface area contributed by atoms with Gasteiger partial charge in [0.25, 0.3) is 0 Å². The summed E-state index contributed by atoms with van der Waals surface area (Å²) in [6.45, 7) is 6.16. The minimum atomic E-state index is -0.154. The lowest BCUT2D eigenvalue weighted by Crippen LogP contribution is -2.32. The first-order chi connectivity index (χ1) is 6.49. The minimum Gasteiger partial charge on any atom is -0.504 e. The molecule has 0 atom stereocenters. The third-order valence-electron chi connectivity index (χ3n) is 2.83. The molecule has 0 fully saturated rings. The van der Waals surface area contributed by atoms with Crippen LogP contribution in [0.2, 0.25) is 0 Å². The Hall–Kier alpha value is -1.18. The Labute approximate surface area is 84.5 Å².